The monoisotopic (exact) mass is 272 g/mol. The fourth-order valence-electron chi connectivity index (χ4n) is 2.63. The van der Waals surface area contributed by atoms with Gasteiger partial charge in [0.25, 0.3) is 0 Å². The van der Waals surface area contributed by atoms with Crippen LogP contribution in [-0.2, 0) is 9.59 Å². The Morgan fingerprint density at radius 2 is 1.80 bits per heavy atom. The Labute approximate surface area is 116 Å². The van der Waals surface area contributed by atoms with Gasteiger partial charge in [-0.3, -0.25) is 19.8 Å². The number of rotatable bonds is 2. The van der Waals surface area contributed by atoms with Crippen molar-refractivity contribution in [3.05, 3.63) is 35.9 Å². The van der Waals surface area contributed by atoms with Crippen LogP contribution in [0.15, 0.2) is 30.3 Å². The number of hydrogen-bond acceptors (Lipinski definition) is 3. The van der Waals surface area contributed by atoms with Gasteiger partial charge in [-0.2, -0.15) is 0 Å². The van der Waals surface area contributed by atoms with Gasteiger partial charge in [0.2, 0.25) is 11.8 Å². The number of carbonyl (C=O) groups excluding carboxylic acids is 3. The predicted octanol–water partition coefficient (Wildman–Crippen LogP) is 1.65. The fourth-order valence-corrected chi connectivity index (χ4v) is 2.63. The van der Waals surface area contributed by atoms with Gasteiger partial charge in [0.05, 0.1) is 0 Å². The summed E-state index contributed by atoms with van der Waals surface area (Å²) in [6.07, 6.45) is 0.757. The Morgan fingerprint density at radius 3 is 2.45 bits per heavy atom. The average molecular weight is 272 g/mol. The largest absolute Gasteiger partial charge is 0.331 e. The summed E-state index contributed by atoms with van der Waals surface area (Å²) in [5.74, 6) is -0.759. The van der Waals surface area contributed by atoms with Gasteiger partial charge in [-0.25, -0.2) is 4.79 Å². The molecule has 1 N–H and O–H groups in total. The van der Waals surface area contributed by atoms with Crippen molar-refractivity contribution < 1.29 is 14.4 Å². The first-order valence-corrected chi connectivity index (χ1v) is 6.67. The van der Waals surface area contributed by atoms with Crippen LogP contribution in [0.1, 0.15) is 31.7 Å². The van der Waals surface area contributed by atoms with Gasteiger partial charge in [0.1, 0.15) is 5.41 Å². The van der Waals surface area contributed by atoms with Crippen LogP contribution in [0.4, 0.5) is 4.79 Å². The molecule has 1 aromatic rings. The maximum atomic E-state index is 12.4. The van der Waals surface area contributed by atoms with Gasteiger partial charge < -0.3 is 0 Å². The van der Waals surface area contributed by atoms with E-state index in [1.165, 1.54) is 4.90 Å². The van der Waals surface area contributed by atoms with Crippen molar-refractivity contribution in [3.8, 4) is 0 Å². The maximum Gasteiger partial charge on any atom is 0.331 e. The van der Waals surface area contributed by atoms with Gasteiger partial charge >= 0.3 is 6.03 Å². The SMILES string of the molecule is CC1(C)C(=O)NC(=O)N(C2CC2c2ccccc2)C1=O. The second-order valence-corrected chi connectivity index (χ2v) is 5.88. The third-order valence-electron chi connectivity index (χ3n) is 4.08. The fraction of sp³-hybridized carbons (Fsp3) is 0.400. The summed E-state index contributed by atoms with van der Waals surface area (Å²) in [5, 5.41) is 2.27. The van der Waals surface area contributed by atoms with E-state index in [0.717, 1.165) is 12.0 Å². The zero-order valence-electron chi connectivity index (χ0n) is 11.4. The molecule has 0 spiro atoms. The zero-order valence-corrected chi connectivity index (χ0v) is 11.4. The zero-order chi connectivity index (χ0) is 14.5. The molecule has 5 heteroatoms. The van der Waals surface area contributed by atoms with Crippen molar-refractivity contribution in [1.82, 2.24) is 10.2 Å². The number of imide groups is 2. The van der Waals surface area contributed by atoms with Gasteiger partial charge in [0.15, 0.2) is 0 Å². The topological polar surface area (TPSA) is 66.5 Å². The molecule has 2 fully saturated rings. The summed E-state index contributed by atoms with van der Waals surface area (Å²) in [5.41, 5.74) is -0.0645. The van der Waals surface area contributed by atoms with E-state index in [0.29, 0.717) is 0 Å². The van der Waals surface area contributed by atoms with Crippen LogP contribution in [0, 0.1) is 5.41 Å². The Hall–Kier alpha value is -2.17. The number of barbiturate groups is 1. The number of carbonyl (C=O) groups is 3. The van der Waals surface area contributed by atoms with Crippen molar-refractivity contribution >= 4 is 17.8 Å². The molecule has 1 aliphatic carbocycles. The van der Waals surface area contributed by atoms with Crippen molar-refractivity contribution in [2.45, 2.75) is 32.2 Å². The minimum atomic E-state index is -1.18. The third kappa shape index (κ3) is 1.81. The first-order chi connectivity index (χ1) is 9.43. The standard InChI is InChI=1S/C15H16N2O3/c1-15(2)12(18)16-14(20)17(13(15)19)11-8-10(11)9-6-4-3-5-7-9/h3-7,10-11H,8H2,1-2H3,(H,16,18,20). The number of nitrogens with one attached hydrogen (secondary N) is 1. The lowest BCUT2D eigenvalue weighted by atomic mass is 9.88. The Kier molecular flexibility index (Phi) is 2.67. The Bertz CT molecular complexity index is 594. The highest BCUT2D eigenvalue weighted by molar-refractivity contribution is 6.18. The van der Waals surface area contributed by atoms with Crippen molar-refractivity contribution in [2.24, 2.45) is 5.41 Å². The minimum absolute atomic E-state index is 0.141. The van der Waals surface area contributed by atoms with E-state index in [1.807, 2.05) is 30.3 Å². The average Bonchev–Trinajstić information content (AvgIpc) is 3.18. The number of hydrogen-bond donors (Lipinski definition) is 1. The highest BCUT2D eigenvalue weighted by Gasteiger charge is 2.55. The van der Waals surface area contributed by atoms with Crippen LogP contribution in [0.5, 0.6) is 0 Å². The first kappa shape index (κ1) is 12.8. The van der Waals surface area contributed by atoms with Crippen LogP contribution in [0.2, 0.25) is 0 Å². The molecule has 1 heterocycles. The summed E-state index contributed by atoms with van der Waals surface area (Å²) >= 11 is 0. The van der Waals surface area contributed by atoms with E-state index in [9.17, 15) is 14.4 Å². The molecule has 20 heavy (non-hydrogen) atoms. The highest BCUT2D eigenvalue weighted by Crippen LogP contribution is 2.46. The van der Waals surface area contributed by atoms with Crippen LogP contribution < -0.4 is 5.32 Å². The number of benzene rings is 1. The molecule has 1 aliphatic heterocycles. The van der Waals surface area contributed by atoms with Crippen molar-refractivity contribution in [1.29, 1.82) is 0 Å². The molecule has 1 saturated heterocycles. The van der Waals surface area contributed by atoms with E-state index < -0.39 is 23.3 Å². The number of amides is 4. The molecule has 2 unspecified atom stereocenters. The lowest BCUT2D eigenvalue weighted by molar-refractivity contribution is -0.149. The van der Waals surface area contributed by atoms with E-state index in [1.54, 1.807) is 13.8 Å². The van der Waals surface area contributed by atoms with Gasteiger partial charge in [-0.15, -0.1) is 0 Å². The molecule has 0 aromatic heterocycles. The lowest BCUT2D eigenvalue weighted by Gasteiger charge is -2.35. The highest BCUT2D eigenvalue weighted by atomic mass is 16.2. The van der Waals surface area contributed by atoms with Crippen LogP contribution >= 0.6 is 0 Å². The Balaban J connectivity index is 1.83. The van der Waals surface area contributed by atoms with Gasteiger partial charge in [0, 0.05) is 12.0 Å². The maximum absolute atomic E-state index is 12.4. The van der Waals surface area contributed by atoms with Crippen molar-refractivity contribution in [3.63, 3.8) is 0 Å². The van der Waals surface area contributed by atoms with Gasteiger partial charge in [-0.05, 0) is 25.8 Å². The molecule has 5 nitrogen and oxygen atoms in total. The van der Waals surface area contributed by atoms with E-state index in [4.69, 9.17) is 0 Å². The minimum Gasteiger partial charge on any atom is -0.277 e. The first-order valence-electron chi connectivity index (χ1n) is 6.67. The van der Waals surface area contributed by atoms with E-state index in [2.05, 4.69) is 5.32 Å². The molecule has 2 aliphatic rings. The molecule has 1 saturated carbocycles. The van der Waals surface area contributed by atoms with Crippen LogP contribution in [-0.4, -0.2) is 28.8 Å². The van der Waals surface area contributed by atoms with Crippen LogP contribution in [0.3, 0.4) is 0 Å². The van der Waals surface area contributed by atoms with E-state index >= 15 is 0 Å². The summed E-state index contributed by atoms with van der Waals surface area (Å²) in [6, 6.07) is 9.06. The molecule has 3 rings (SSSR count). The molecule has 0 radical (unpaired) electrons. The quantitative estimate of drug-likeness (QED) is 0.832. The smallest absolute Gasteiger partial charge is 0.277 e. The second kappa shape index (κ2) is 4.16. The normalized spacial score (nSPS) is 28.3. The van der Waals surface area contributed by atoms with Crippen molar-refractivity contribution in [2.75, 3.05) is 0 Å². The molecule has 1 aromatic carbocycles. The molecule has 0 bridgehead atoms. The number of nitrogens with zero attached hydrogens (tertiary/aromatic N) is 1. The summed E-state index contributed by atoms with van der Waals surface area (Å²) < 4.78 is 0. The molecule has 2 atom stereocenters. The number of urea groups is 1. The predicted molar refractivity (Wildman–Crippen MR) is 71.8 cm³/mol. The van der Waals surface area contributed by atoms with Gasteiger partial charge in [-0.1, -0.05) is 30.3 Å². The lowest BCUT2D eigenvalue weighted by Crippen LogP contribution is -2.62. The summed E-state index contributed by atoms with van der Waals surface area (Å²) in [7, 11) is 0. The van der Waals surface area contributed by atoms with E-state index in [-0.39, 0.29) is 12.0 Å². The summed E-state index contributed by atoms with van der Waals surface area (Å²) in [4.78, 5) is 37.2. The Morgan fingerprint density at radius 1 is 1.15 bits per heavy atom. The molecular formula is C15H16N2O3. The third-order valence-corrected chi connectivity index (χ3v) is 4.08. The summed E-state index contributed by atoms with van der Waals surface area (Å²) in [6.45, 7) is 3.09. The second-order valence-electron chi connectivity index (χ2n) is 5.88. The molecular weight excluding hydrogens is 256 g/mol. The molecule has 4 amide bonds. The van der Waals surface area contributed by atoms with Crippen LogP contribution in [0.25, 0.3) is 0 Å². The molecule has 104 valence electrons.